The van der Waals surface area contributed by atoms with E-state index >= 15 is 0 Å². The summed E-state index contributed by atoms with van der Waals surface area (Å²) in [5.74, 6) is 0.189. The number of carbonyl (C=O) groups excluding carboxylic acids is 3. The van der Waals surface area contributed by atoms with Crippen molar-refractivity contribution in [1.29, 1.82) is 0 Å². The number of hydrogen-bond acceptors (Lipinski definition) is 4. The molecular weight excluding hydrogens is 360 g/mol. The summed E-state index contributed by atoms with van der Waals surface area (Å²) in [7, 11) is 0. The van der Waals surface area contributed by atoms with Crippen LogP contribution in [0.1, 0.15) is 46.9 Å². The lowest BCUT2D eigenvalue weighted by Gasteiger charge is -2.13. The van der Waals surface area contributed by atoms with Gasteiger partial charge in [-0.2, -0.15) is 0 Å². The molecule has 0 unspecified atom stereocenters. The predicted molar refractivity (Wildman–Crippen MR) is 107 cm³/mol. The number of carbonyl (C=O) groups is 3. The summed E-state index contributed by atoms with van der Waals surface area (Å²) >= 11 is 1.80. The molecule has 0 spiro atoms. The third-order valence-corrected chi connectivity index (χ3v) is 5.44. The maximum absolute atomic E-state index is 12.3. The Hall–Kier alpha value is -2.60. The Labute approximate surface area is 163 Å². The quantitative estimate of drug-likeness (QED) is 0.422. The third-order valence-electron chi connectivity index (χ3n) is 4.35. The molecule has 0 atom stereocenters. The fourth-order valence-electron chi connectivity index (χ4n) is 2.85. The highest BCUT2D eigenvalue weighted by molar-refractivity contribution is 7.99. The summed E-state index contributed by atoms with van der Waals surface area (Å²) in [6.07, 6.45) is 2.42. The molecule has 0 fully saturated rings. The molecule has 3 amide bonds. The fourth-order valence-corrected chi connectivity index (χ4v) is 3.85. The number of nitrogens with one attached hydrogen (secondary N) is 1. The zero-order chi connectivity index (χ0) is 19.2. The van der Waals surface area contributed by atoms with Crippen molar-refractivity contribution in [2.45, 2.75) is 31.1 Å². The van der Waals surface area contributed by atoms with Gasteiger partial charge in [0.05, 0.1) is 11.1 Å². The zero-order valence-electron chi connectivity index (χ0n) is 15.2. The van der Waals surface area contributed by atoms with Crippen LogP contribution in [0.15, 0.2) is 53.4 Å². The fraction of sp³-hybridized carbons (Fsp3) is 0.286. The van der Waals surface area contributed by atoms with Crippen molar-refractivity contribution < 1.29 is 14.4 Å². The van der Waals surface area contributed by atoms with Crippen LogP contribution in [-0.2, 0) is 4.79 Å². The van der Waals surface area contributed by atoms with Crippen LogP contribution in [0.2, 0.25) is 0 Å². The Kier molecular flexibility index (Phi) is 6.29. The maximum Gasteiger partial charge on any atom is 0.261 e. The Morgan fingerprint density at radius 3 is 2.22 bits per heavy atom. The standard InChI is InChI=1S/C21H22N2O3S/c1-2-3-14-27-16-10-8-15(9-11-16)22-19(24)12-13-23-20(25)17-6-4-5-7-18(17)21(23)26/h4-11H,2-3,12-14H2,1H3,(H,22,24). The molecule has 1 N–H and O–H groups in total. The normalized spacial score (nSPS) is 13.0. The number of nitrogens with zero attached hydrogens (tertiary/aromatic N) is 1. The summed E-state index contributed by atoms with van der Waals surface area (Å²) in [6, 6.07) is 14.4. The van der Waals surface area contributed by atoms with Crippen LogP contribution >= 0.6 is 11.8 Å². The average Bonchev–Trinajstić information content (AvgIpc) is 2.92. The van der Waals surface area contributed by atoms with Crippen molar-refractivity contribution in [1.82, 2.24) is 4.90 Å². The number of imide groups is 1. The molecular formula is C21H22N2O3S. The van der Waals surface area contributed by atoms with Gasteiger partial charge < -0.3 is 5.32 Å². The number of benzene rings is 2. The van der Waals surface area contributed by atoms with E-state index in [4.69, 9.17) is 0 Å². The average molecular weight is 382 g/mol. The van der Waals surface area contributed by atoms with Crippen molar-refractivity contribution in [3.8, 4) is 0 Å². The second-order valence-corrected chi connectivity index (χ2v) is 7.50. The Morgan fingerprint density at radius 1 is 1.00 bits per heavy atom. The highest BCUT2D eigenvalue weighted by Gasteiger charge is 2.34. The van der Waals surface area contributed by atoms with Gasteiger partial charge in [0.25, 0.3) is 11.8 Å². The molecule has 0 aliphatic carbocycles. The predicted octanol–water partition coefficient (Wildman–Crippen LogP) is 4.20. The summed E-state index contributed by atoms with van der Waals surface area (Å²) in [5, 5.41) is 2.81. The number of thioether (sulfide) groups is 1. The van der Waals surface area contributed by atoms with Gasteiger partial charge in [0, 0.05) is 23.5 Å². The summed E-state index contributed by atoms with van der Waals surface area (Å²) in [6.45, 7) is 2.24. The number of amides is 3. The van der Waals surface area contributed by atoms with Crippen LogP contribution in [0.3, 0.4) is 0 Å². The lowest BCUT2D eigenvalue weighted by Crippen LogP contribution is -2.32. The number of anilines is 1. The largest absolute Gasteiger partial charge is 0.326 e. The van der Waals surface area contributed by atoms with Gasteiger partial charge in [0.2, 0.25) is 5.91 Å². The molecule has 27 heavy (non-hydrogen) atoms. The zero-order valence-corrected chi connectivity index (χ0v) is 16.1. The molecule has 0 aromatic heterocycles. The van der Waals surface area contributed by atoms with Gasteiger partial charge in [-0.15, -0.1) is 11.8 Å². The van der Waals surface area contributed by atoms with Gasteiger partial charge in [-0.05, 0) is 48.6 Å². The molecule has 0 saturated heterocycles. The van der Waals surface area contributed by atoms with E-state index in [2.05, 4.69) is 12.2 Å². The number of unbranched alkanes of at least 4 members (excludes halogenated alkanes) is 1. The van der Waals surface area contributed by atoms with Crippen molar-refractivity contribution in [2.24, 2.45) is 0 Å². The van der Waals surface area contributed by atoms with E-state index in [1.54, 1.807) is 36.0 Å². The Morgan fingerprint density at radius 2 is 1.63 bits per heavy atom. The second-order valence-electron chi connectivity index (χ2n) is 6.33. The molecule has 5 nitrogen and oxygen atoms in total. The number of hydrogen-bond donors (Lipinski definition) is 1. The smallest absolute Gasteiger partial charge is 0.261 e. The minimum Gasteiger partial charge on any atom is -0.326 e. The third kappa shape index (κ3) is 4.57. The minimum absolute atomic E-state index is 0.0679. The van der Waals surface area contributed by atoms with E-state index in [1.807, 2.05) is 24.3 Å². The molecule has 1 aliphatic heterocycles. The maximum atomic E-state index is 12.3. The minimum atomic E-state index is -0.336. The highest BCUT2D eigenvalue weighted by atomic mass is 32.2. The van der Waals surface area contributed by atoms with E-state index in [-0.39, 0.29) is 30.7 Å². The van der Waals surface area contributed by atoms with E-state index in [9.17, 15) is 14.4 Å². The number of rotatable bonds is 8. The van der Waals surface area contributed by atoms with Crippen molar-refractivity contribution in [3.63, 3.8) is 0 Å². The van der Waals surface area contributed by atoms with Crippen LogP contribution in [0.5, 0.6) is 0 Å². The molecule has 0 bridgehead atoms. The lowest BCUT2D eigenvalue weighted by molar-refractivity contribution is -0.116. The molecule has 1 aliphatic rings. The van der Waals surface area contributed by atoms with Crippen molar-refractivity contribution >= 4 is 35.2 Å². The van der Waals surface area contributed by atoms with Crippen molar-refractivity contribution in [2.75, 3.05) is 17.6 Å². The molecule has 0 radical (unpaired) electrons. The van der Waals surface area contributed by atoms with Gasteiger partial charge >= 0.3 is 0 Å². The first-order chi connectivity index (χ1) is 13.1. The topological polar surface area (TPSA) is 66.5 Å². The molecule has 140 valence electrons. The van der Waals surface area contributed by atoms with Crippen LogP contribution in [-0.4, -0.2) is 34.9 Å². The molecule has 0 saturated carbocycles. The molecule has 1 heterocycles. The van der Waals surface area contributed by atoms with Gasteiger partial charge in [0.15, 0.2) is 0 Å². The molecule has 6 heteroatoms. The van der Waals surface area contributed by atoms with Crippen LogP contribution < -0.4 is 5.32 Å². The summed E-state index contributed by atoms with van der Waals surface area (Å²) in [5.41, 5.74) is 1.51. The van der Waals surface area contributed by atoms with E-state index in [0.717, 1.165) is 10.7 Å². The highest BCUT2D eigenvalue weighted by Crippen LogP contribution is 2.23. The lowest BCUT2D eigenvalue weighted by atomic mass is 10.1. The Bertz CT molecular complexity index is 814. The first-order valence-corrected chi connectivity index (χ1v) is 10.1. The first-order valence-electron chi connectivity index (χ1n) is 9.08. The second kappa shape index (κ2) is 8.86. The van der Waals surface area contributed by atoms with Crippen LogP contribution in [0, 0.1) is 0 Å². The summed E-state index contributed by atoms with van der Waals surface area (Å²) < 4.78 is 0. The summed E-state index contributed by atoms with van der Waals surface area (Å²) in [4.78, 5) is 39.1. The van der Waals surface area contributed by atoms with E-state index < -0.39 is 0 Å². The van der Waals surface area contributed by atoms with E-state index in [1.165, 1.54) is 17.7 Å². The molecule has 2 aromatic rings. The SMILES string of the molecule is CCCCSc1ccc(NC(=O)CCN2C(=O)c3ccccc3C2=O)cc1. The number of fused-ring (bicyclic) bond motifs is 1. The van der Waals surface area contributed by atoms with Gasteiger partial charge in [0.1, 0.15) is 0 Å². The monoisotopic (exact) mass is 382 g/mol. The van der Waals surface area contributed by atoms with Gasteiger partial charge in [-0.1, -0.05) is 25.5 Å². The molecule has 2 aromatic carbocycles. The van der Waals surface area contributed by atoms with Gasteiger partial charge in [-0.3, -0.25) is 19.3 Å². The van der Waals surface area contributed by atoms with Crippen molar-refractivity contribution in [3.05, 3.63) is 59.7 Å². The Balaban J connectivity index is 1.50. The van der Waals surface area contributed by atoms with Crippen LogP contribution in [0.4, 0.5) is 5.69 Å². The van der Waals surface area contributed by atoms with E-state index in [0.29, 0.717) is 16.8 Å². The molecule has 3 rings (SSSR count). The van der Waals surface area contributed by atoms with Gasteiger partial charge in [-0.25, -0.2) is 0 Å². The first kappa shape index (κ1) is 19.2. The van der Waals surface area contributed by atoms with Crippen LogP contribution in [0.25, 0.3) is 0 Å².